The monoisotopic (exact) mass is 510 g/mol. The lowest BCUT2D eigenvalue weighted by Crippen LogP contribution is -2.56. The summed E-state index contributed by atoms with van der Waals surface area (Å²) < 4.78 is 5.54. The molecule has 0 radical (unpaired) electrons. The molecule has 2 rings (SSSR count). The molecule has 2 unspecified atom stereocenters. The van der Waals surface area contributed by atoms with Crippen molar-refractivity contribution in [2.45, 2.75) is 45.8 Å². The van der Waals surface area contributed by atoms with Gasteiger partial charge in [0.15, 0.2) is 5.96 Å². The van der Waals surface area contributed by atoms with Crippen LogP contribution in [0.4, 0.5) is 0 Å². The van der Waals surface area contributed by atoms with E-state index < -0.39 is 0 Å². The van der Waals surface area contributed by atoms with E-state index in [0.717, 1.165) is 58.4 Å². The zero-order valence-electron chi connectivity index (χ0n) is 18.1. The van der Waals surface area contributed by atoms with Crippen LogP contribution in [-0.2, 0) is 9.53 Å². The second-order valence-electron chi connectivity index (χ2n) is 7.92. The van der Waals surface area contributed by atoms with Gasteiger partial charge in [0.25, 0.3) is 0 Å². The van der Waals surface area contributed by atoms with E-state index >= 15 is 0 Å². The molecular formula is C19H39IN6O2. The summed E-state index contributed by atoms with van der Waals surface area (Å²) in [5, 5.41) is 6.49. The highest BCUT2D eigenvalue weighted by Gasteiger charge is 2.25. The van der Waals surface area contributed by atoms with Gasteiger partial charge in [0.2, 0.25) is 5.91 Å². The first-order valence-electron chi connectivity index (χ1n) is 10.2. The SMILES string of the molecule is CN=C(NCC(C)N1CCOCC1C)N1CCN(CC(=O)NC(C)C)CC1.I. The number of carbonyl (C=O) groups excluding carboxylic acids is 1. The van der Waals surface area contributed by atoms with Crippen LogP contribution < -0.4 is 10.6 Å². The van der Waals surface area contributed by atoms with E-state index in [1.165, 1.54) is 0 Å². The van der Waals surface area contributed by atoms with E-state index in [1.807, 2.05) is 20.9 Å². The molecule has 8 nitrogen and oxygen atoms in total. The Morgan fingerprint density at radius 2 is 1.86 bits per heavy atom. The summed E-state index contributed by atoms with van der Waals surface area (Å²) >= 11 is 0. The molecule has 2 fully saturated rings. The van der Waals surface area contributed by atoms with Crippen LogP contribution in [0.5, 0.6) is 0 Å². The average Bonchev–Trinajstić information content (AvgIpc) is 2.63. The van der Waals surface area contributed by atoms with Crippen molar-refractivity contribution in [3.63, 3.8) is 0 Å². The number of halogens is 1. The first-order valence-corrected chi connectivity index (χ1v) is 10.2. The summed E-state index contributed by atoms with van der Waals surface area (Å²) in [5.74, 6) is 1.06. The Labute approximate surface area is 187 Å². The van der Waals surface area contributed by atoms with E-state index in [4.69, 9.17) is 4.74 Å². The van der Waals surface area contributed by atoms with Crippen molar-refractivity contribution in [2.75, 3.05) is 66.1 Å². The molecular weight excluding hydrogens is 471 g/mol. The molecule has 1 amide bonds. The van der Waals surface area contributed by atoms with Crippen molar-refractivity contribution in [3.05, 3.63) is 0 Å². The van der Waals surface area contributed by atoms with Gasteiger partial charge in [-0.25, -0.2) is 0 Å². The number of morpholine rings is 1. The third-order valence-corrected chi connectivity index (χ3v) is 5.24. The van der Waals surface area contributed by atoms with Gasteiger partial charge in [0.05, 0.1) is 19.8 Å². The van der Waals surface area contributed by atoms with Crippen LogP contribution in [0.25, 0.3) is 0 Å². The Hall–Kier alpha value is -0.650. The lowest BCUT2D eigenvalue weighted by molar-refractivity contribution is -0.123. The quantitative estimate of drug-likeness (QED) is 0.307. The highest BCUT2D eigenvalue weighted by Crippen LogP contribution is 2.10. The molecule has 0 saturated carbocycles. The largest absolute Gasteiger partial charge is 0.379 e. The zero-order valence-corrected chi connectivity index (χ0v) is 20.4. The molecule has 2 saturated heterocycles. The second kappa shape index (κ2) is 12.8. The molecule has 164 valence electrons. The molecule has 0 bridgehead atoms. The van der Waals surface area contributed by atoms with Gasteiger partial charge in [-0.15, -0.1) is 24.0 Å². The van der Waals surface area contributed by atoms with E-state index in [0.29, 0.717) is 18.6 Å². The Balaban J connectivity index is 0.00000392. The molecule has 0 aromatic heterocycles. The Morgan fingerprint density at radius 1 is 1.18 bits per heavy atom. The van der Waals surface area contributed by atoms with Crippen molar-refractivity contribution < 1.29 is 9.53 Å². The number of nitrogens with one attached hydrogen (secondary N) is 2. The maximum Gasteiger partial charge on any atom is 0.234 e. The van der Waals surface area contributed by atoms with Crippen molar-refractivity contribution in [1.82, 2.24) is 25.3 Å². The third-order valence-electron chi connectivity index (χ3n) is 5.24. The van der Waals surface area contributed by atoms with Gasteiger partial charge in [-0.2, -0.15) is 0 Å². The van der Waals surface area contributed by atoms with E-state index in [2.05, 4.69) is 44.2 Å². The van der Waals surface area contributed by atoms with Crippen molar-refractivity contribution in [1.29, 1.82) is 0 Å². The third kappa shape index (κ3) is 8.00. The predicted molar refractivity (Wildman–Crippen MR) is 125 cm³/mol. The molecule has 2 aliphatic rings. The van der Waals surface area contributed by atoms with Gasteiger partial charge < -0.3 is 20.3 Å². The standard InChI is InChI=1S/C19H38N6O2.HI/c1-15(2)22-18(26)13-23-6-8-24(9-7-23)19(20-5)21-12-16(3)25-10-11-27-14-17(25)4;/h15-17H,6-14H2,1-5H3,(H,20,21)(H,22,26);1H. The Morgan fingerprint density at radius 3 is 2.43 bits per heavy atom. The van der Waals surface area contributed by atoms with Gasteiger partial charge in [-0.1, -0.05) is 0 Å². The fourth-order valence-electron chi connectivity index (χ4n) is 3.77. The van der Waals surface area contributed by atoms with Gasteiger partial charge in [0.1, 0.15) is 0 Å². The summed E-state index contributed by atoms with van der Waals surface area (Å²) in [4.78, 5) is 23.4. The minimum Gasteiger partial charge on any atom is -0.379 e. The Bertz CT molecular complexity index is 497. The Kier molecular flexibility index (Phi) is 11.6. The summed E-state index contributed by atoms with van der Waals surface area (Å²) in [6, 6.07) is 1.08. The number of aliphatic imine (C=N–C) groups is 1. The van der Waals surface area contributed by atoms with Gasteiger partial charge >= 0.3 is 0 Å². The highest BCUT2D eigenvalue weighted by molar-refractivity contribution is 14.0. The fourth-order valence-corrected chi connectivity index (χ4v) is 3.77. The number of nitrogens with zero attached hydrogens (tertiary/aromatic N) is 4. The minimum absolute atomic E-state index is 0. The van der Waals surface area contributed by atoms with Gasteiger partial charge in [-0.3, -0.25) is 19.6 Å². The van der Waals surface area contributed by atoms with Crippen molar-refractivity contribution in [2.24, 2.45) is 4.99 Å². The smallest absolute Gasteiger partial charge is 0.234 e. The number of amides is 1. The lowest BCUT2D eigenvalue weighted by atomic mass is 10.2. The number of guanidine groups is 1. The van der Waals surface area contributed by atoms with E-state index in [-0.39, 0.29) is 35.9 Å². The summed E-state index contributed by atoms with van der Waals surface area (Å²) in [7, 11) is 1.84. The number of rotatable bonds is 6. The van der Waals surface area contributed by atoms with Crippen molar-refractivity contribution in [3.8, 4) is 0 Å². The predicted octanol–water partition coefficient (Wildman–Crippen LogP) is 0.431. The van der Waals surface area contributed by atoms with Crippen LogP contribution in [0, 0.1) is 0 Å². The van der Waals surface area contributed by atoms with Crippen LogP contribution in [0.3, 0.4) is 0 Å². The molecule has 9 heteroatoms. The summed E-state index contributed by atoms with van der Waals surface area (Å²) in [6.07, 6.45) is 0. The summed E-state index contributed by atoms with van der Waals surface area (Å²) in [5.41, 5.74) is 0. The maximum atomic E-state index is 11.9. The topological polar surface area (TPSA) is 72.4 Å². The van der Waals surface area contributed by atoms with E-state index in [9.17, 15) is 4.79 Å². The van der Waals surface area contributed by atoms with E-state index in [1.54, 1.807) is 0 Å². The van der Waals surface area contributed by atoms with Gasteiger partial charge in [0, 0.05) is 64.4 Å². The minimum atomic E-state index is 0. The zero-order chi connectivity index (χ0) is 19.8. The molecule has 2 N–H and O–H groups in total. The highest BCUT2D eigenvalue weighted by atomic mass is 127. The number of carbonyl (C=O) groups is 1. The molecule has 2 atom stereocenters. The molecule has 2 aliphatic heterocycles. The van der Waals surface area contributed by atoms with Crippen LogP contribution in [0.15, 0.2) is 4.99 Å². The molecule has 0 aliphatic carbocycles. The average molecular weight is 510 g/mol. The normalized spacial score (nSPS) is 23.3. The molecule has 0 aromatic carbocycles. The van der Waals surface area contributed by atoms with Gasteiger partial charge in [-0.05, 0) is 27.7 Å². The van der Waals surface area contributed by atoms with Crippen LogP contribution in [0.2, 0.25) is 0 Å². The fraction of sp³-hybridized carbons (Fsp3) is 0.895. The number of piperazine rings is 1. The first-order chi connectivity index (χ1) is 12.9. The second-order valence-corrected chi connectivity index (χ2v) is 7.92. The van der Waals surface area contributed by atoms with Crippen LogP contribution >= 0.6 is 24.0 Å². The number of hydrogen-bond donors (Lipinski definition) is 2. The van der Waals surface area contributed by atoms with Crippen molar-refractivity contribution >= 4 is 35.8 Å². The first kappa shape index (κ1) is 25.4. The maximum absolute atomic E-state index is 11.9. The molecule has 2 heterocycles. The number of ether oxygens (including phenoxy) is 1. The summed E-state index contributed by atoms with van der Waals surface area (Å²) in [6.45, 7) is 15.9. The molecule has 0 aromatic rings. The van der Waals surface area contributed by atoms with Crippen LogP contribution in [-0.4, -0.2) is 111 Å². The lowest BCUT2D eigenvalue weighted by Gasteiger charge is -2.39. The molecule has 28 heavy (non-hydrogen) atoms. The number of hydrogen-bond acceptors (Lipinski definition) is 5. The van der Waals surface area contributed by atoms with Crippen LogP contribution in [0.1, 0.15) is 27.7 Å². The molecule has 0 spiro atoms.